The van der Waals surface area contributed by atoms with Gasteiger partial charge in [-0.15, -0.1) is 0 Å². The van der Waals surface area contributed by atoms with Gasteiger partial charge in [-0.3, -0.25) is 4.79 Å². The number of nitrogens with zero attached hydrogens (tertiary/aromatic N) is 1. The SMILES string of the molecule is O=C(O)Cc1ccc(Nc2nc(C(F)(F)F)c(C(=O)O)s2)cc1. The maximum atomic E-state index is 12.7. The van der Waals surface area contributed by atoms with Crippen LogP contribution in [0.5, 0.6) is 0 Å². The normalized spacial score (nSPS) is 11.3. The summed E-state index contributed by atoms with van der Waals surface area (Å²) in [6, 6.07) is 5.92. The second-order valence-electron chi connectivity index (χ2n) is 4.39. The highest BCUT2D eigenvalue weighted by Gasteiger charge is 2.39. The second-order valence-corrected chi connectivity index (χ2v) is 5.39. The molecule has 1 aromatic heterocycles. The first-order valence-electron chi connectivity index (χ1n) is 6.06. The van der Waals surface area contributed by atoms with Gasteiger partial charge in [0, 0.05) is 5.69 Å². The number of aromatic carboxylic acids is 1. The maximum Gasteiger partial charge on any atom is 0.435 e. The predicted molar refractivity (Wildman–Crippen MR) is 75.1 cm³/mol. The zero-order valence-corrected chi connectivity index (χ0v) is 12.0. The van der Waals surface area contributed by atoms with Crippen molar-refractivity contribution >= 4 is 34.1 Å². The largest absolute Gasteiger partial charge is 0.481 e. The van der Waals surface area contributed by atoms with Gasteiger partial charge in [0.25, 0.3) is 0 Å². The Morgan fingerprint density at radius 3 is 2.22 bits per heavy atom. The molecule has 0 saturated heterocycles. The van der Waals surface area contributed by atoms with Crippen molar-refractivity contribution in [1.82, 2.24) is 4.98 Å². The number of aliphatic carboxylic acids is 1. The Balaban J connectivity index is 2.23. The molecule has 10 heteroatoms. The van der Waals surface area contributed by atoms with Gasteiger partial charge in [-0.25, -0.2) is 9.78 Å². The van der Waals surface area contributed by atoms with Crippen molar-refractivity contribution in [3.05, 3.63) is 40.4 Å². The lowest BCUT2D eigenvalue weighted by Crippen LogP contribution is -2.11. The quantitative estimate of drug-likeness (QED) is 0.769. The van der Waals surface area contributed by atoms with Crippen molar-refractivity contribution in [2.75, 3.05) is 5.32 Å². The molecule has 0 saturated carbocycles. The number of nitrogens with one attached hydrogen (secondary N) is 1. The van der Waals surface area contributed by atoms with Gasteiger partial charge in [-0.05, 0) is 17.7 Å². The highest BCUT2D eigenvalue weighted by molar-refractivity contribution is 7.17. The second kappa shape index (κ2) is 6.24. The number of rotatable bonds is 5. The number of thiazole rings is 1. The molecule has 0 fully saturated rings. The van der Waals surface area contributed by atoms with Crippen LogP contribution in [0.4, 0.5) is 24.0 Å². The molecule has 0 bridgehead atoms. The Bertz CT molecular complexity index is 741. The van der Waals surface area contributed by atoms with Crippen LogP contribution in [0.2, 0.25) is 0 Å². The number of carbonyl (C=O) groups is 2. The first kappa shape index (κ1) is 16.7. The summed E-state index contributed by atoms with van der Waals surface area (Å²) < 4.78 is 38.2. The fourth-order valence-corrected chi connectivity index (χ4v) is 2.56. The van der Waals surface area contributed by atoms with E-state index in [1.807, 2.05) is 0 Å². The number of carboxylic acid groups (broad SMARTS) is 2. The summed E-state index contributed by atoms with van der Waals surface area (Å²) in [5.41, 5.74) is -0.581. The summed E-state index contributed by atoms with van der Waals surface area (Å²) >= 11 is 0.368. The standard InChI is InChI=1S/C13H9F3N2O4S/c14-13(15,16)10-9(11(21)22)23-12(18-10)17-7-3-1-6(2-4-7)5-8(19)20/h1-4H,5H2,(H,17,18)(H,19,20)(H,21,22). The Labute approximate surface area is 131 Å². The third-order valence-electron chi connectivity index (χ3n) is 2.65. The molecule has 0 amide bonds. The minimum atomic E-state index is -4.87. The number of hydrogen-bond acceptors (Lipinski definition) is 5. The Hall–Kier alpha value is -2.62. The minimum absolute atomic E-state index is 0.182. The Kier molecular flexibility index (Phi) is 4.55. The first-order valence-corrected chi connectivity index (χ1v) is 6.87. The van der Waals surface area contributed by atoms with Crippen molar-refractivity contribution in [2.45, 2.75) is 12.6 Å². The molecule has 6 nitrogen and oxygen atoms in total. The predicted octanol–water partition coefficient (Wildman–Crippen LogP) is 3.23. The lowest BCUT2D eigenvalue weighted by atomic mass is 10.1. The van der Waals surface area contributed by atoms with Crippen molar-refractivity contribution < 1.29 is 33.0 Å². The fraction of sp³-hybridized carbons (Fsp3) is 0.154. The van der Waals surface area contributed by atoms with E-state index >= 15 is 0 Å². The van der Waals surface area contributed by atoms with Gasteiger partial charge in [-0.1, -0.05) is 23.5 Å². The first-order chi connectivity index (χ1) is 10.7. The molecule has 1 heterocycles. The van der Waals surface area contributed by atoms with E-state index in [0.29, 0.717) is 22.6 Å². The third kappa shape index (κ3) is 4.19. The van der Waals surface area contributed by atoms with Crippen LogP contribution in [0.25, 0.3) is 0 Å². The summed E-state index contributed by atoms with van der Waals surface area (Å²) in [5.74, 6) is -2.72. The summed E-state index contributed by atoms with van der Waals surface area (Å²) in [7, 11) is 0. The lowest BCUT2D eigenvalue weighted by Gasteiger charge is -2.04. The zero-order valence-electron chi connectivity index (χ0n) is 11.2. The van der Waals surface area contributed by atoms with E-state index in [-0.39, 0.29) is 11.6 Å². The van der Waals surface area contributed by atoms with Crippen LogP contribution in [0, 0.1) is 0 Å². The summed E-state index contributed by atoms with van der Waals surface area (Å²) in [4.78, 5) is 23.8. The van der Waals surface area contributed by atoms with Crippen LogP contribution in [-0.2, 0) is 17.4 Å². The van der Waals surface area contributed by atoms with Crippen molar-refractivity contribution in [3.8, 4) is 0 Å². The van der Waals surface area contributed by atoms with Crippen LogP contribution in [-0.4, -0.2) is 27.1 Å². The minimum Gasteiger partial charge on any atom is -0.481 e. The highest BCUT2D eigenvalue weighted by Crippen LogP contribution is 2.36. The third-order valence-corrected chi connectivity index (χ3v) is 3.61. The number of benzene rings is 1. The number of aromatic nitrogens is 1. The lowest BCUT2D eigenvalue weighted by molar-refractivity contribution is -0.141. The molecule has 0 aliphatic rings. The zero-order chi connectivity index (χ0) is 17.2. The molecular formula is C13H9F3N2O4S. The van der Waals surface area contributed by atoms with Crippen LogP contribution in [0.15, 0.2) is 24.3 Å². The van der Waals surface area contributed by atoms with E-state index in [0.717, 1.165) is 0 Å². The molecule has 23 heavy (non-hydrogen) atoms. The topological polar surface area (TPSA) is 99.5 Å². The van der Waals surface area contributed by atoms with E-state index in [2.05, 4.69) is 10.3 Å². The number of halogens is 3. The summed E-state index contributed by atoms with van der Waals surface area (Å²) in [6.45, 7) is 0. The van der Waals surface area contributed by atoms with Crippen molar-refractivity contribution in [2.24, 2.45) is 0 Å². The molecule has 122 valence electrons. The molecule has 0 atom stereocenters. The van der Waals surface area contributed by atoms with Gasteiger partial charge < -0.3 is 15.5 Å². The van der Waals surface area contributed by atoms with Crippen molar-refractivity contribution in [3.63, 3.8) is 0 Å². The van der Waals surface area contributed by atoms with Gasteiger partial charge in [0.05, 0.1) is 6.42 Å². The number of hydrogen-bond donors (Lipinski definition) is 3. The molecule has 2 aromatic rings. The highest BCUT2D eigenvalue weighted by atomic mass is 32.1. The van der Waals surface area contributed by atoms with Gasteiger partial charge in [0.2, 0.25) is 0 Å². The monoisotopic (exact) mass is 346 g/mol. The summed E-state index contributed by atoms with van der Waals surface area (Å²) in [6.07, 6.45) is -5.05. The van der Waals surface area contributed by atoms with E-state index < -0.39 is 28.7 Å². The van der Waals surface area contributed by atoms with E-state index in [1.165, 1.54) is 24.3 Å². The molecule has 0 aliphatic carbocycles. The molecule has 3 N–H and O–H groups in total. The number of anilines is 2. The molecule has 0 spiro atoms. The molecule has 0 unspecified atom stereocenters. The average molecular weight is 346 g/mol. The van der Waals surface area contributed by atoms with Crippen LogP contribution in [0.1, 0.15) is 20.9 Å². The van der Waals surface area contributed by atoms with Gasteiger partial charge in [0.15, 0.2) is 10.8 Å². The molecule has 0 aliphatic heterocycles. The molecule has 0 radical (unpaired) electrons. The Morgan fingerprint density at radius 1 is 1.17 bits per heavy atom. The van der Waals surface area contributed by atoms with Crippen LogP contribution >= 0.6 is 11.3 Å². The summed E-state index contributed by atoms with van der Waals surface area (Å²) in [5, 5.41) is 19.8. The number of alkyl halides is 3. The maximum absolute atomic E-state index is 12.7. The van der Waals surface area contributed by atoms with Gasteiger partial charge in [-0.2, -0.15) is 13.2 Å². The molecular weight excluding hydrogens is 337 g/mol. The van der Waals surface area contributed by atoms with Gasteiger partial charge >= 0.3 is 18.1 Å². The van der Waals surface area contributed by atoms with E-state index in [4.69, 9.17) is 10.2 Å². The average Bonchev–Trinajstić information content (AvgIpc) is 2.84. The van der Waals surface area contributed by atoms with E-state index in [1.54, 1.807) is 0 Å². The smallest absolute Gasteiger partial charge is 0.435 e. The van der Waals surface area contributed by atoms with E-state index in [9.17, 15) is 22.8 Å². The van der Waals surface area contributed by atoms with Gasteiger partial charge in [0.1, 0.15) is 4.88 Å². The molecule has 1 aromatic carbocycles. The van der Waals surface area contributed by atoms with Crippen LogP contribution in [0.3, 0.4) is 0 Å². The van der Waals surface area contributed by atoms with Crippen molar-refractivity contribution in [1.29, 1.82) is 0 Å². The number of carboxylic acids is 2. The Morgan fingerprint density at radius 2 is 1.78 bits per heavy atom. The fourth-order valence-electron chi connectivity index (χ4n) is 1.71. The molecule has 2 rings (SSSR count). The van der Waals surface area contributed by atoms with Crippen LogP contribution < -0.4 is 5.32 Å².